The molecule has 6 heteroatoms. The second-order valence-corrected chi connectivity index (χ2v) is 6.95. The van der Waals surface area contributed by atoms with Crippen LogP contribution in [0.25, 0.3) is 5.95 Å². The van der Waals surface area contributed by atoms with Gasteiger partial charge in [0.25, 0.3) is 0 Å². The molecule has 4 rings (SSSR count). The molecule has 5 nitrogen and oxygen atoms in total. The lowest BCUT2D eigenvalue weighted by Gasteiger charge is -2.22. The largest absolute Gasteiger partial charge is 0.288 e. The third kappa shape index (κ3) is 4.04. The van der Waals surface area contributed by atoms with Gasteiger partial charge in [0.15, 0.2) is 0 Å². The zero-order valence-electron chi connectivity index (χ0n) is 14.3. The number of thiazole rings is 1. The molecule has 0 radical (unpaired) electrons. The van der Waals surface area contributed by atoms with Gasteiger partial charge in [-0.15, -0.1) is 11.3 Å². The first-order chi connectivity index (χ1) is 12.9. The Kier molecular flexibility index (Phi) is 5.14. The molecule has 26 heavy (non-hydrogen) atoms. The number of benzene rings is 1. The monoisotopic (exact) mass is 361 g/mol. The standard InChI is InChI=1S/C20H19N5S/c1-2-6-17(7-3-1)14-24(16-19-21-11-13-26-19)15-18-8-4-12-25(18)20-22-9-5-10-23-20/h1-13H,14-16H2. The zero-order valence-corrected chi connectivity index (χ0v) is 15.1. The summed E-state index contributed by atoms with van der Waals surface area (Å²) in [5.41, 5.74) is 2.45. The summed E-state index contributed by atoms with van der Waals surface area (Å²) in [7, 11) is 0. The molecule has 3 aromatic heterocycles. The van der Waals surface area contributed by atoms with E-state index >= 15 is 0 Å². The highest BCUT2D eigenvalue weighted by Crippen LogP contribution is 2.17. The van der Waals surface area contributed by atoms with Crippen LogP contribution in [0.5, 0.6) is 0 Å². The number of hydrogen-bond donors (Lipinski definition) is 0. The summed E-state index contributed by atoms with van der Waals surface area (Å²) in [5.74, 6) is 0.696. The van der Waals surface area contributed by atoms with E-state index in [0.29, 0.717) is 5.95 Å². The van der Waals surface area contributed by atoms with Crippen molar-refractivity contribution in [1.29, 1.82) is 0 Å². The van der Waals surface area contributed by atoms with Crippen LogP contribution < -0.4 is 0 Å². The zero-order chi connectivity index (χ0) is 17.6. The molecule has 0 N–H and O–H groups in total. The Morgan fingerprint density at radius 2 is 1.65 bits per heavy atom. The number of hydrogen-bond acceptors (Lipinski definition) is 5. The van der Waals surface area contributed by atoms with E-state index in [1.165, 1.54) is 5.56 Å². The SMILES string of the molecule is c1ccc(CN(Cc2nccs2)Cc2cccn2-c2ncccn2)cc1. The molecular formula is C20H19N5S. The summed E-state index contributed by atoms with van der Waals surface area (Å²) in [6.45, 7) is 2.47. The minimum absolute atomic E-state index is 0.696. The molecule has 1 aromatic carbocycles. The fourth-order valence-corrected chi connectivity index (χ4v) is 3.57. The molecule has 0 amide bonds. The van der Waals surface area contributed by atoms with Crippen molar-refractivity contribution in [3.63, 3.8) is 0 Å². The van der Waals surface area contributed by atoms with E-state index in [1.54, 1.807) is 23.7 Å². The van der Waals surface area contributed by atoms with Gasteiger partial charge in [-0.3, -0.25) is 9.47 Å². The topological polar surface area (TPSA) is 46.8 Å². The van der Waals surface area contributed by atoms with Crippen LogP contribution in [0.4, 0.5) is 0 Å². The van der Waals surface area contributed by atoms with E-state index in [0.717, 1.165) is 30.3 Å². The maximum Gasteiger partial charge on any atom is 0.233 e. The average molecular weight is 361 g/mol. The van der Waals surface area contributed by atoms with Gasteiger partial charge in [0.1, 0.15) is 5.01 Å². The Morgan fingerprint density at radius 3 is 2.42 bits per heavy atom. The summed E-state index contributed by atoms with van der Waals surface area (Å²) in [6, 6.07) is 16.5. The van der Waals surface area contributed by atoms with E-state index in [-0.39, 0.29) is 0 Å². The quantitative estimate of drug-likeness (QED) is 0.500. The maximum absolute atomic E-state index is 4.45. The van der Waals surface area contributed by atoms with Gasteiger partial charge in [-0.2, -0.15) is 0 Å². The molecule has 0 unspecified atom stereocenters. The van der Waals surface area contributed by atoms with Crippen molar-refractivity contribution in [3.05, 3.63) is 95.0 Å². The van der Waals surface area contributed by atoms with E-state index in [4.69, 9.17) is 0 Å². The molecule has 3 heterocycles. The molecular weight excluding hydrogens is 342 g/mol. The number of aromatic nitrogens is 4. The van der Waals surface area contributed by atoms with Crippen molar-refractivity contribution in [2.24, 2.45) is 0 Å². The molecule has 0 aliphatic heterocycles. The third-order valence-electron chi connectivity index (χ3n) is 4.08. The van der Waals surface area contributed by atoms with Crippen LogP contribution in [0.2, 0.25) is 0 Å². The average Bonchev–Trinajstić information content (AvgIpc) is 3.35. The third-order valence-corrected chi connectivity index (χ3v) is 4.84. The fraction of sp³-hybridized carbons (Fsp3) is 0.150. The van der Waals surface area contributed by atoms with Crippen LogP contribution in [-0.4, -0.2) is 24.4 Å². The van der Waals surface area contributed by atoms with E-state index < -0.39 is 0 Å². The molecule has 0 spiro atoms. The highest BCUT2D eigenvalue weighted by atomic mass is 32.1. The number of rotatable bonds is 7. The van der Waals surface area contributed by atoms with Gasteiger partial charge in [-0.05, 0) is 23.8 Å². The van der Waals surface area contributed by atoms with Crippen LogP contribution in [0.3, 0.4) is 0 Å². The first kappa shape index (κ1) is 16.6. The molecule has 0 atom stereocenters. The minimum Gasteiger partial charge on any atom is -0.288 e. The maximum atomic E-state index is 4.45. The van der Waals surface area contributed by atoms with Crippen LogP contribution in [0, 0.1) is 0 Å². The normalized spacial score (nSPS) is 11.1. The Balaban J connectivity index is 1.58. The van der Waals surface area contributed by atoms with Gasteiger partial charge in [0.05, 0.1) is 6.54 Å². The smallest absolute Gasteiger partial charge is 0.233 e. The van der Waals surface area contributed by atoms with Crippen LogP contribution >= 0.6 is 11.3 Å². The lowest BCUT2D eigenvalue weighted by atomic mass is 10.2. The molecule has 0 aliphatic carbocycles. The minimum atomic E-state index is 0.696. The van der Waals surface area contributed by atoms with Gasteiger partial charge in [0, 0.05) is 49.0 Å². The Bertz CT molecular complexity index is 919. The Labute approximate surface area is 156 Å². The van der Waals surface area contributed by atoms with Crippen molar-refractivity contribution >= 4 is 11.3 Å². The van der Waals surface area contributed by atoms with Gasteiger partial charge >= 0.3 is 0 Å². The van der Waals surface area contributed by atoms with Gasteiger partial charge in [-0.1, -0.05) is 30.3 Å². The first-order valence-electron chi connectivity index (χ1n) is 8.47. The molecule has 0 saturated heterocycles. The molecule has 0 saturated carbocycles. The fourth-order valence-electron chi connectivity index (χ4n) is 2.92. The van der Waals surface area contributed by atoms with Gasteiger partial charge in [-0.25, -0.2) is 15.0 Å². The van der Waals surface area contributed by atoms with Crippen molar-refractivity contribution in [1.82, 2.24) is 24.4 Å². The van der Waals surface area contributed by atoms with Crippen LogP contribution in [0.1, 0.15) is 16.3 Å². The van der Waals surface area contributed by atoms with Crippen LogP contribution in [-0.2, 0) is 19.6 Å². The summed E-state index contributed by atoms with van der Waals surface area (Å²) in [6.07, 6.45) is 7.41. The highest BCUT2D eigenvalue weighted by Gasteiger charge is 2.13. The molecule has 0 fully saturated rings. The van der Waals surface area contributed by atoms with Gasteiger partial charge < -0.3 is 0 Å². The van der Waals surface area contributed by atoms with E-state index in [2.05, 4.69) is 50.2 Å². The molecule has 4 aromatic rings. The first-order valence-corrected chi connectivity index (χ1v) is 9.35. The van der Waals surface area contributed by atoms with Crippen molar-refractivity contribution in [2.45, 2.75) is 19.6 Å². The predicted octanol–water partition coefficient (Wildman–Crippen LogP) is 3.93. The Morgan fingerprint density at radius 1 is 0.808 bits per heavy atom. The lowest BCUT2D eigenvalue weighted by Crippen LogP contribution is -2.24. The molecule has 130 valence electrons. The molecule has 0 bridgehead atoms. The van der Waals surface area contributed by atoms with Gasteiger partial charge in [0.2, 0.25) is 5.95 Å². The molecule has 0 aliphatic rings. The summed E-state index contributed by atoms with van der Waals surface area (Å²) < 4.78 is 2.04. The predicted molar refractivity (Wildman–Crippen MR) is 103 cm³/mol. The van der Waals surface area contributed by atoms with Crippen molar-refractivity contribution in [2.75, 3.05) is 0 Å². The Hall–Kier alpha value is -2.83. The summed E-state index contributed by atoms with van der Waals surface area (Å²) in [5, 5.41) is 3.14. The highest BCUT2D eigenvalue weighted by molar-refractivity contribution is 7.09. The van der Waals surface area contributed by atoms with Crippen LogP contribution in [0.15, 0.2) is 78.7 Å². The summed E-state index contributed by atoms with van der Waals surface area (Å²) in [4.78, 5) is 15.6. The summed E-state index contributed by atoms with van der Waals surface area (Å²) >= 11 is 1.69. The lowest BCUT2D eigenvalue weighted by molar-refractivity contribution is 0.243. The number of nitrogens with zero attached hydrogens (tertiary/aromatic N) is 5. The second kappa shape index (κ2) is 8.03. The van der Waals surface area contributed by atoms with Crippen molar-refractivity contribution < 1.29 is 0 Å². The second-order valence-electron chi connectivity index (χ2n) is 5.97. The van der Waals surface area contributed by atoms with E-state index in [1.807, 2.05) is 40.5 Å². The van der Waals surface area contributed by atoms with E-state index in [9.17, 15) is 0 Å². The van der Waals surface area contributed by atoms with Crippen molar-refractivity contribution in [3.8, 4) is 5.95 Å².